The van der Waals surface area contributed by atoms with Crippen LogP contribution in [0.4, 0.5) is 8.78 Å². The maximum absolute atomic E-state index is 15.7. The van der Waals surface area contributed by atoms with Gasteiger partial charge in [-0.1, -0.05) is 12.1 Å². The lowest BCUT2D eigenvalue weighted by atomic mass is 10.1. The number of halogens is 2. The highest BCUT2D eigenvalue weighted by Gasteiger charge is 2.32. The summed E-state index contributed by atoms with van der Waals surface area (Å²) in [5, 5.41) is -1.40. The SMILES string of the molecule is COc1c(C(N)=O)ccc2c1nc(-c1c(F)cccc1P(=O)(O)O)n2CCn1c(-c2c(F)cccc2P(=O)(O)O)nc2c(OC)c(C(N)=O)ccc21. The summed E-state index contributed by atoms with van der Waals surface area (Å²) in [4.78, 5) is 74.2. The number of hydrogen-bond donors (Lipinski definition) is 6. The van der Waals surface area contributed by atoms with Gasteiger partial charge in [0.05, 0.1) is 58.1 Å². The number of imidazole rings is 2. The number of carbonyl (C=O) groups excluding carboxylic acids is 2. The first-order valence-electron chi connectivity index (χ1n) is 14.9. The molecule has 16 nitrogen and oxygen atoms in total. The Morgan fingerprint density at radius 3 is 1.35 bits per heavy atom. The molecule has 6 rings (SSSR count). The molecule has 52 heavy (non-hydrogen) atoms. The largest absolute Gasteiger partial charge is 0.494 e. The number of ether oxygens (including phenoxy) is 2. The molecule has 0 aliphatic carbocycles. The summed E-state index contributed by atoms with van der Waals surface area (Å²) in [5.74, 6) is -4.74. The van der Waals surface area contributed by atoms with Crippen LogP contribution >= 0.6 is 15.2 Å². The molecule has 4 aromatic carbocycles. The highest BCUT2D eigenvalue weighted by atomic mass is 31.2. The third kappa shape index (κ3) is 6.11. The lowest BCUT2D eigenvalue weighted by molar-refractivity contribution is 0.0989. The molecule has 0 saturated heterocycles. The van der Waals surface area contributed by atoms with Gasteiger partial charge in [0.2, 0.25) is 0 Å². The lowest BCUT2D eigenvalue weighted by Crippen LogP contribution is -2.17. The van der Waals surface area contributed by atoms with Gasteiger partial charge in [-0.3, -0.25) is 18.7 Å². The summed E-state index contributed by atoms with van der Waals surface area (Å²) in [7, 11) is -7.80. The highest BCUT2D eigenvalue weighted by Crippen LogP contribution is 2.43. The second kappa shape index (κ2) is 13.2. The number of primary amides is 2. The fourth-order valence-corrected chi connectivity index (χ4v) is 7.68. The van der Waals surface area contributed by atoms with Crippen molar-refractivity contribution in [1.82, 2.24) is 19.1 Å². The molecule has 2 aromatic heterocycles. The number of carbonyl (C=O) groups is 2. The van der Waals surface area contributed by atoms with Crippen molar-refractivity contribution < 1.29 is 56.5 Å². The van der Waals surface area contributed by atoms with E-state index in [0.29, 0.717) is 0 Å². The van der Waals surface area contributed by atoms with E-state index in [2.05, 4.69) is 9.97 Å². The Bertz CT molecular complexity index is 2390. The van der Waals surface area contributed by atoms with Crippen molar-refractivity contribution in [3.8, 4) is 34.3 Å². The van der Waals surface area contributed by atoms with Gasteiger partial charge >= 0.3 is 15.2 Å². The predicted octanol–water partition coefficient (Wildman–Crippen LogP) is 2.52. The van der Waals surface area contributed by atoms with Gasteiger partial charge in [-0.15, -0.1) is 0 Å². The highest BCUT2D eigenvalue weighted by molar-refractivity contribution is 7.61. The van der Waals surface area contributed by atoms with Crippen LogP contribution in [0.25, 0.3) is 44.8 Å². The van der Waals surface area contributed by atoms with Crippen LogP contribution in [0.5, 0.6) is 11.5 Å². The Balaban J connectivity index is 1.67. The number of nitrogens with two attached hydrogens (primary N) is 2. The molecule has 0 unspecified atom stereocenters. The second-order valence-electron chi connectivity index (χ2n) is 11.3. The summed E-state index contributed by atoms with van der Waals surface area (Å²) in [6.45, 7) is -0.532. The van der Waals surface area contributed by atoms with Crippen LogP contribution in [0.15, 0.2) is 60.7 Å². The minimum atomic E-state index is -5.13. The Kier molecular flexibility index (Phi) is 9.25. The maximum atomic E-state index is 15.7. The summed E-state index contributed by atoms with van der Waals surface area (Å²) < 4.78 is 70.1. The van der Waals surface area contributed by atoms with E-state index in [0.717, 1.165) is 36.4 Å². The normalized spacial score (nSPS) is 12.1. The van der Waals surface area contributed by atoms with Crippen LogP contribution in [0.2, 0.25) is 0 Å². The second-order valence-corrected chi connectivity index (χ2v) is 14.4. The number of rotatable bonds is 11. The van der Waals surface area contributed by atoms with Crippen molar-refractivity contribution in [2.45, 2.75) is 13.1 Å². The molecule has 8 N–H and O–H groups in total. The number of amides is 2. The molecule has 0 spiro atoms. The van der Waals surface area contributed by atoms with E-state index in [-0.39, 0.29) is 69.4 Å². The van der Waals surface area contributed by atoms with Crippen molar-refractivity contribution in [1.29, 1.82) is 0 Å². The monoisotopic (exact) mass is 756 g/mol. The van der Waals surface area contributed by atoms with E-state index in [9.17, 15) is 38.3 Å². The van der Waals surface area contributed by atoms with Gasteiger partial charge in [0, 0.05) is 13.1 Å². The van der Waals surface area contributed by atoms with Gasteiger partial charge in [0.1, 0.15) is 34.3 Å². The van der Waals surface area contributed by atoms with Crippen LogP contribution in [-0.4, -0.2) is 64.7 Å². The van der Waals surface area contributed by atoms with Crippen LogP contribution in [0, 0.1) is 11.6 Å². The van der Waals surface area contributed by atoms with Crippen LogP contribution < -0.4 is 31.6 Å². The van der Waals surface area contributed by atoms with Crippen LogP contribution in [-0.2, 0) is 22.2 Å². The van der Waals surface area contributed by atoms with Gasteiger partial charge in [0.25, 0.3) is 11.8 Å². The molecular formula is C32H28F2N6O10P2. The first-order chi connectivity index (χ1) is 24.5. The fraction of sp³-hybridized carbons (Fsp3) is 0.125. The average molecular weight is 757 g/mol. The lowest BCUT2D eigenvalue weighted by Gasteiger charge is -2.17. The van der Waals surface area contributed by atoms with E-state index in [1.165, 1.54) is 47.6 Å². The first kappa shape index (κ1) is 36.3. The minimum Gasteiger partial charge on any atom is -0.494 e. The number of hydrogen-bond acceptors (Lipinski definition) is 8. The van der Waals surface area contributed by atoms with Gasteiger partial charge in [-0.2, -0.15) is 0 Å². The quantitative estimate of drug-likeness (QED) is 0.104. The zero-order chi connectivity index (χ0) is 37.9. The molecule has 2 amide bonds. The summed E-state index contributed by atoms with van der Waals surface area (Å²) >= 11 is 0. The minimum absolute atomic E-state index is 0.0323. The standard InChI is InChI=1S/C32H28F2N6O10P2/c1-49-27-15(29(35)41)9-11-19-25(27)37-31(23-17(33)5-3-7-21(23)51(43,44)45)39(19)13-14-40-20-12-10-16(30(36)42)28(50-2)26(20)38-32(40)24-18(34)6-4-8-22(24)52(46,47)48/h3-12H,13-14H2,1-2H3,(H2,35,41)(H2,36,42)(H2,43,44,45)(H2,46,47,48). The number of aryl methyl sites for hydroxylation is 2. The topological polar surface area (TPSA) is 255 Å². The summed E-state index contributed by atoms with van der Waals surface area (Å²) in [5.41, 5.74) is 10.0. The first-order valence-corrected chi connectivity index (χ1v) is 18.2. The molecule has 6 aromatic rings. The maximum Gasteiger partial charge on any atom is 0.357 e. The average Bonchev–Trinajstić information content (AvgIpc) is 3.62. The van der Waals surface area contributed by atoms with Crippen molar-refractivity contribution in [3.63, 3.8) is 0 Å². The molecule has 20 heteroatoms. The van der Waals surface area contributed by atoms with Crippen LogP contribution in [0.1, 0.15) is 20.7 Å². The smallest absolute Gasteiger partial charge is 0.357 e. The van der Waals surface area contributed by atoms with Gasteiger partial charge in [-0.25, -0.2) is 18.7 Å². The Morgan fingerprint density at radius 2 is 1.04 bits per heavy atom. The van der Waals surface area contributed by atoms with E-state index in [1.807, 2.05) is 0 Å². The number of fused-ring (bicyclic) bond motifs is 2. The van der Waals surface area contributed by atoms with E-state index < -0.39 is 60.4 Å². The Hall–Kier alpha value is -5.48. The van der Waals surface area contributed by atoms with Crippen LogP contribution in [0.3, 0.4) is 0 Å². The molecule has 0 bridgehead atoms. The van der Waals surface area contributed by atoms with Crippen molar-refractivity contribution in [2.24, 2.45) is 11.5 Å². The molecule has 0 atom stereocenters. The molecule has 0 saturated carbocycles. The molecule has 2 heterocycles. The van der Waals surface area contributed by atoms with E-state index in [1.54, 1.807) is 0 Å². The molecule has 0 aliphatic heterocycles. The van der Waals surface area contributed by atoms with Gasteiger partial charge in [-0.05, 0) is 48.5 Å². The molecule has 0 fully saturated rings. The molecule has 270 valence electrons. The summed E-state index contributed by atoms with van der Waals surface area (Å²) in [6, 6.07) is 11.7. The number of nitrogens with zero attached hydrogens (tertiary/aromatic N) is 4. The molecule has 0 aliphatic rings. The van der Waals surface area contributed by atoms with Crippen molar-refractivity contribution in [2.75, 3.05) is 14.2 Å². The van der Waals surface area contributed by atoms with Gasteiger partial charge < -0.3 is 49.6 Å². The third-order valence-electron chi connectivity index (χ3n) is 8.29. The third-order valence-corrected chi connectivity index (χ3v) is 10.3. The van der Waals surface area contributed by atoms with E-state index in [4.69, 9.17) is 20.9 Å². The Labute approximate surface area is 291 Å². The summed E-state index contributed by atoms with van der Waals surface area (Å²) in [6.07, 6.45) is 0. The molecule has 0 radical (unpaired) electrons. The zero-order valence-electron chi connectivity index (χ0n) is 27.0. The van der Waals surface area contributed by atoms with E-state index >= 15 is 8.78 Å². The van der Waals surface area contributed by atoms with Gasteiger partial charge in [0.15, 0.2) is 11.5 Å². The number of aromatic nitrogens is 4. The zero-order valence-corrected chi connectivity index (χ0v) is 28.8. The number of benzene rings is 4. The fourth-order valence-electron chi connectivity index (χ4n) is 6.12. The molecular weight excluding hydrogens is 728 g/mol. The predicted molar refractivity (Wildman–Crippen MR) is 184 cm³/mol. The Morgan fingerprint density at radius 1 is 0.673 bits per heavy atom. The number of methoxy groups -OCH3 is 2. The van der Waals surface area contributed by atoms with Crippen molar-refractivity contribution in [3.05, 3.63) is 83.4 Å². The van der Waals surface area contributed by atoms with Crippen molar-refractivity contribution >= 4 is 59.7 Å².